The summed E-state index contributed by atoms with van der Waals surface area (Å²) in [6.07, 6.45) is 0.182. The van der Waals surface area contributed by atoms with E-state index in [2.05, 4.69) is 0 Å². The van der Waals surface area contributed by atoms with E-state index in [1.807, 2.05) is 36.4 Å². The Hall–Kier alpha value is -3.09. The number of carbonyl (C=O) groups excluding carboxylic acids is 3. The highest BCUT2D eigenvalue weighted by Gasteiger charge is 2.63. The fourth-order valence-corrected chi connectivity index (χ4v) is 4.61. The van der Waals surface area contributed by atoms with Gasteiger partial charge < -0.3 is 14.5 Å². The number of nitrogens with zero attached hydrogens (tertiary/aromatic N) is 3. The molecule has 0 radical (unpaired) electrons. The SMILES string of the molecule is COC(=O)N1C[C@H]2CC1[C@@H]1C(=O)N(c3cccc4ccccc34)C(=O)N21. The maximum absolute atomic E-state index is 13.2. The van der Waals surface area contributed by atoms with E-state index in [-0.39, 0.29) is 24.0 Å². The molecule has 3 saturated heterocycles. The molecule has 2 aromatic rings. The number of amides is 4. The molecule has 26 heavy (non-hydrogen) atoms. The van der Waals surface area contributed by atoms with Crippen molar-refractivity contribution in [3.05, 3.63) is 42.5 Å². The number of piperazine rings is 1. The number of hydrogen-bond acceptors (Lipinski definition) is 4. The normalized spacial score (nSPS) is 26.8. The fraction of sp³-hybridized carbons (Fsp3) is 0.316. The van der Waals surface area contributed by atoms with E-state index in [0.717, 1.165) is 10.8 Å². The zero-order chi connectivity index (χ0) is 18.0. The van der Waals surface area contributed by atoms with E-state index in [0.29, 0.717) is 18.7 Å². The first-order valence-electron chi connectivity index (χ1n) is 8.60. The third kappa shape index (κ3) is 1.80. The number of anilines is 1. The lowest BCUT2D eigenvalue weighted by Crippen LogP contribution is -2.54. The number of benzene rings is 2. The van der Waals surface area contributed by atoms with Crippen molar-refractivity contribution in [2.75, 3.05) is 18.6 Å². The number of urea groups is 1. The van der Waals surface area contributed by atoms with Crippen LogP contribution in [0.1, 0.15) is 6.42 Å². The molecule has 0 aromatic heterocycles. The molecule has 1 unspecified atom stereocenters. The summed E-state index contributed by atoms with van der Waals surface area (Å²) in [6, 6.07) is 11.9. The van der Waals surface area contributed by atoms with Crippen LogP contribution in [0.15, 0.2) is 42.5 Å². The summed E-state index contributed by atoms with van der Waals surface area (Å²) >= 11 is 0. The van der Waals surface area contributed by atoms with Crippen LogP contribution < -0.4 is 4.90 Å². The molecule has 2 bridgehead atoms. The Labute approximate surface area is 149 Å². The number of carbonyl (C=O) groups is 3. The van der Waals surface area contributed by atoms with Gasteiger partial charge in [-0.1, -0.05) is 36.4 Å². The summed E-state index contributed by atoms with van der Waals surface area (Å²) in [5, 5.41) is 1.83. The molecule has 0 aliphatic carbocycles. The van der Waals surface area contributed by atoms with Gasteiger partial charge in [0.15, 0.2) is 0 Å². The highest BCUT2D eigenvalue weighted by atomic mass is 16.5. The summed E-state index contributed by atoms with van der Waals surface area (Å²) in [5.74, 6) is -0.271. The molecular weight excluding hydrogens is 334 g/mol. The van der Waals surface area contributed by atoms with E-state index >= 15 is 0 Å². The van der Waals surface area contributed by atoms with Gasteiger partial charge in [-0.25, -0.2) is 14.5 Å². The lowest BCUT2D eigenvalue weighted by atomic mass is 10.1. The molecule has 3 fully saturated rings. The highest BCUT2D eigenvalue weighted by molar-refractivity contribution is 6.25. The van der Waals surface area contributed by atoms with Crippen LogP contribution in [0, 0.1) is 0 Å². The molecule has 3 aliphatic rings. The molecule has 2 aromatic carbocycles. The number of imide groups is 1. The summed E-state index contributed by atoms with van der Waals surface area (Å²) in [6.45, 7) is 0.413. The number of methoxy groups -OCH3 is 1. The zero-order valence-electron chi connectivity index (χ0n) is 14.2. The van der Waals surface area contributed by atoms with Gasteiger partial charge in [0.2, 0.25) is 0 Å². The zero-order valence-corrected chi connectivity index (χ0v) is 14.2. The fourth-order valence-electron chi connectivity index (χ4n) is 4.61. The van der Waals surface area contributed by atoms with Gasteiger partial charge in [-0.2, -0.15) is 0 Å². The largest absolute Gasteiger partial charge is 0.453 e. The molecule has 7 nitrogen and oxygen atoms in total. The Morgan fingerprint density at radius 2 is 1.88 bits per heavy atom. The van der Waals surface area contributed by atoms with Crippen LogP contribution in [-0.4, -0.2) is 59.6 Å². The first-order valence-corrected chi connectivity index (χ1v) is 8.60. The van der Waals surface area contributed by atoms with Gasteiger partial charge >= 0.3 is 12.1 Å². The average Bonchev–Trinajstić information content (AvgIpc) is 3.32. The van der Waals surface area contributed by atoms with Crippen molar-refractivity contribution in [3.63, 3.8) is 0 Å². The Kier molecular flexibility index (Phi) is 3.04. The molecule has 4 amide bonds. The van der Waals surface area contributed by atoms with Crippen molar-refractivity contribution in [1.82, 2.24) is 9.80 Å². The van der Waals surface area contributed by atoms with Crippen molar-refractivity contribution < 1.29 is 19.1 Å². The summed E-state index contributed by atoms with van der Waals surface area (Å²) < 4.78 is 4.83. The Bertz CT molecular complexity index is 953. The highest BCUT2D eigenvalue weighted by Crippen LogP contribution is 2.43. The minimum absolute atomic E-state index is 0.138. The molecule has 3 atom stereocenters. The standard InChI is InChI=1S/C19H17N3O4/c1-26-19(25)20-10-12-9-15(20)16-17(23)22(18(24)21(12)16)14-8-4-6-11-5-2-3-7-13(11)14/h2-8,12,15-16H,9-10H2,1H3/t12-,15?,16-/m1/s1. The first kappa shape index (κ1) is 15.2. The van der Waals surface area contributed by atoms with Crippen LogP contribution in [0.5, 0.6) is 0 Å². The van der Waals surface area contributed by atoms with Crippen molar-refractivity contribution >= 4 is 34.5 Å². The van der Waals surface area contributed by atoms with Crippen molar-refractivity contribution in [1.29, 1.82) is 0 Å². The van der Waals surface area contributed by atoms with E-state index in [9.17, 15) is 14.4 Å². The molecule has 3 aliphatic heterocycles. The van der Waals surface area contributed by atoms with Crippen LogP contribution in [0.25, 0.3) is 10.8 Å². The van der Waals surface area contributed by atoms with Gasteiger partial charge in [0.25, 0.3) is 5.91 Å². The topological polar surface area (TPSA) is 70.2 Å². The maximum atomic E-state index is 13.2. The second kappa shape index (κ2) is 5.20. The molecule has 3 heterocycles. The van der Waals surface area contributed by atoms with Gasteiger partial charge in [-0.05, 0) is 17.9 Å². The Morgan fingerprint density at radius 3 is 2.69 bits per heavy atom. The van der Waals surface area contributed by atoms with Crippen LogP contribution in [-0.2, 0) is 9.53 Å². The van der Waals surface area contributed by atoms with Crippen LogP contribution in [0.3, 0.4) is 0 Å². The van der Waals surface area contributed by atoms with Gasteiger partial charge in [0.05, 0.1) is 24.9 Å². The van der Waals surface area contributed by atoms with Gasteiger partial charge in [0.1, 0.15) is 6.04 Å². The number of hydrogen-bond donors (Lipinski definition) is 0. The number of rotatable bonds is 1. The lowest BCUT2D eigenvalue weighted by molar-refractivity contribution is -0.121. The van der Waals surface area contributed by atoms with Crippen LogP contribution in [0.4, 0.5) is 15.3 Å². The molecule has 0 N–H and O–H groups in total. The molecule has 0 saturated carbocycles. The molecule has 5 rings (SSSR count). The van der Waals surface area contributed by atoms with Gasteiger partial charge in [0, 0.05) is 11.9 Å². The number of likely N-dealkylation sites (tertiary alicyclic amines) is 1. The lowest BCUT2D eigenvalue weighted by Gasteiger charge is -2.33. The smallest absolute Gasteiger partial charge is 0.409 e. The van der Waals surface area contributed by atoms with E-state index in [1.54, 1.807) is 15.9 Å². The summed E-state index contributed by atoms with van der Waals surface area (Å²) in [5.41, 5.74) is 0.594. The van der Waals surface area contributed by atoms with Crippen molar-refractivity contribution in [2.24, 2.45) is 0 Å². The van der Waals surface area contributed by atoms with E-state index in [1.165, 1.54) is 12.0 Å². The quantitative estimate of drug-likeness (QED) is 0.739. The molecular formula is C19H17N3O4. The van der Waals surface area contributed by atoms with Crippen molar-refractivity contribution in [3.8, 4) is 0 Å². The first-order chi connectivity index (χ1) is 12.6. The van der Waals surface area contributed by atoms with Crippen molar-refractivity contribution in [2.45, 2.75) is 24.5 Å². The van der Waals surface area contributed by atoms with E-state index < -0.39 is 12.1 Å². The number of fused-ring (bicyclic) bond motifs is 6. The Balaban J connectivity index is 1.57. The third-order valence-corrected chi connectivity index (χ3v) is 5.68. The minimum atomic E-state index is -0.626. The Morgan fingerprint density at radius 1 is 1.12 bits per heavy atom. The van der Waals surface area contributed by atoms with E-state index in [4.69, 9.17) is 4.74 Å². The monoisotopic (exact) mass is 351 g/mol. The second-order valence-corrected chi connectivity index (χ2v) is 6.89. The second-order valence-electron chi connectivity index (χ2n) is 6.89. The maximum Gasteiger partial charge on any atom is 0.409 e. The molecule has 132 valence electrons. The minimum Gasteiger partial charge on any atom is -0.453 e. The summed E-state index contributed by atoms with van der Waals surface area (Å²) in [7, 11) is 1.33. The summed E-state index contributed by atoms with van der Waals surface area (Å²) in [4.78, 5) is 42.7. The van der Waals surface area contributed by atoms with Gasteiger partial charge in [-0.15, -0.1) is 0 Å². The third-order valence-electron chi connectivity index (χ3n) is 5.68. The molecule has 0 spiro atoms. The predicted molar refractivity (Wildman–Crippen MR) is 93.8 cm³/mol. The number of ether oxygens (including phenoxy) is 1. The van der Waals surface area contributed by atoms with Gasteiger partial charge in [-0.3, -0.25) is 4.79 Å². The average molecular weight is 351 g/mol. The van der Waals surface area contributed by atoms with Crippen LogP contribution in [0.2, 0.25) is 0 Å². The predicted octanol–water partition coefficient (Wildman–Crippen LogP) is 2.20. The molecule has 7 heteroatoms. The van der Waals surface area contributed by atoms with Crippen LogP contribution >= 0.6 is 0 Å².